The van der Waals surface area contributed by atoms with Crippen molar-refractivity contribution in [1.29, 1.82) is 0 Å². The van der Waals surface area contributed by atoms with Crippen molar-refractivity contribution >= 4 is 111 Å². The molecule has 454 valence electrons. The molecular weight excluding hydrogens is 1190 g/mol. The molecule has 4 heterocycles. The molecule has 6 heteroatoms. The molecule has 16 aromatic rings. The lowest BCUT2D eigenvalue weighted by atomic mass is 9.66. The molecule has 4 aliphatic rings. The largest absolute Gasteiger partial charge is 0.456 e. The number of allylic oxidation sites excluding steroid dienone is 2. The summed E-state index contributed by atoms with van der Waals surface area (Å²) in [5.41, 5.74) is 22.3. The molecule has 0 radical (unpaired) electrons. The fourth-order valence-electron chi connectivity index (χ4n) is 16.7. The van der Waals surface area contributed by atoms with Crippen LogP contribution in [0.5, 0.6) is 11.5 Å². The second-order valence-electron chi connectivity index (χ2n) is 26.6. The zero-order valence-electron chi connectivity index (χ0n) is 52.8. The fraction of sp³-hybridized carbons (Fsp3) is 0.0667. The van der Waals surface area contributed by atoms with Crippen LogP contribution in [0.4, 0.5) is 28.4 Å². The smallest absolute Gasteiger partial charge is 0.143 e. The summed E-state index contributed by atoms with van der Waals surface area (Å²) < 4.78 is 20.8. The Morgan fingerprint density at radius 1 is 0.396 bits per heavy atom. The van der Waals surface area contributed by atoms with Gasteiger partial charge in [-0.2, -0.15) is 0 Å². The van der Waals surface area contributed by atoms with Gasteiger partial charge in [0.15, 0.2) is 0 Å². The number of hydrogen-bond donors (Lipinski definition) is 0. The lowest BCUT2D eigenvalue weighted by Gasteiger charge is -2.42. The number of para-hydroxylation sites is 3. The van der Waals surface area contributed by atoms with Crippen LogP contribution in [0.15, 0.2) is 334 Å². The first-order valence-electron chi connectivity index (χ1n) is 33.2. The van der Waals surface area contributed by atoms with Gasteiger partial charge in [-0.05, 0) is 158 Å². The average molecular weight is 1250 g/mol. The Morgan fingerprint density at radius 3 is 1.92 bits per heavy atom. The molecule has 2 atom stereocenters. The number of hydrogen-bond acceptors (Lipinski definition) is 6. The Labute approximate surface area is 560 Å². The van der Waals surface area contributed by atoms with E-state index in [-0.39, 0.29) is 6.04 Å². The van der Waals surface area contributed by atoms with E-state index in [1.165, 1.54) is 64.9 Å². The first-order valence-corrected chi connectivity index (χ1v) is 34.0. The summed E-state index contributed by atoms with van der Waals surface area (Å²) in [6.07, 6.45) is 5.76. The summed E-state index contributed by atoms with van der Waals surface area (Å²) in [4.78, 5) is 7.49. The molecule has 0 saturated heterocycles. The maximum atomic E-state index is 7.09. The van der Waals surface area contributed by atoms with Gasteiger partial charge in [-0.3, -0.25) is 0 Å². The van der Waals surface area contributed by atoms with E-state index >= 15 is 0 Å². The highest BCUT2D eigenvalue weighted by Gasteiger charge is 2.52. The van der Waals surface area contributed by atoms with E-state index in [2.05, 4.69) is 333 Å². The van der Waals surface area contributed by atoms with Crippen LogP contribution >= 0.6 is 11.8 Å². The molecule has 0 amide bonds. The predicted molar refractivity (Wildman–Crippen MR) is 397 cm³/mol. The lowest BCUT2D eigenvalue weighted by molar-refractivity contribution is 0.423. The molecule has 96 heavy (non-hydrogen) atoms. The van der Waals surface area contributed by atoms with Crippen molar-refractivity contribution in [3.8, 4) is 33.8 Å². The Bertz CT molecular complexity index is 6010. The monoisotopic (exact) mass is 1250 g/mol. The minimum absolute atomic E-state index is 0.131. The van der Waals surface area contributed by atoms with Gasteiger partial charge in [0.1, 0.15) is 33.8 Å². The zero-order valence-corrected chi connectivity index (χ0v) is 53.6. The third-order valence-corrected chi connectivity index (χ3v) is 22.2. The highest BCUT2D eigenvalue weighted by molar-refractivity contribution is 7.99. The Balaban J connectivity index is 0.771. The van der Waals surface area contributed by atoms with Gasteiger partial charge in [0.2, 0.25) is 0 Å². The van der Waals surface area contributed by atoms with Crippen molar-refractivity contribution < 1.29 is 13.6 Å². The van der Waals surface area contributed by atoms with Gasteiger partial charge in [-0.25, -0.2) is 0 Å². The molecule has 2 aliphatic carbocycles. The van der Waals surface area contributed by atoms with E-state index in [1.54, 1.807) is 0 Å². The van der Waals surface area contributed by atoms with Gasteiger partial charge in [0.25, 0.3) is 0 Å². The maximum Gasteiger partial charge on any atom is 0.143 e. The van der Waals surface area contributed by atoms with Crippen LogP contribution in [0.1, 0.15) is 53.6 Å². The number of ether oxygens (including phenoxy) is 1. The normalized spacial score (nSPS) is 16.4. The number of rotatable bonds is 8. The van der Waals surface area contributed by atoms with Crippen LogP contribution in [-0.2, 0) is 10.8 Å². The number of anilines is 5. The van der Waals surface area contributed by atoms with Crippen LogP contribution in [0.3, 0.4) is 0 Å². The van der Waals surface area contributed by atoms with Gasteiger partial charge in [-0.1, -0.05) is 244 Å². The van der Waals surface area contributed by atoms with Gasteiger partial charge in [0, 0.05) is 87.6 Å². The second-order valence-corrected chi connectivity index (χ2v) is 27.7. The Kier molecular flexibility index (Phi) is 12.0. The molecule has 5 nitrogen and oxygen atoms in total. The topological polar surface area (TPSA) is 42.0 Å². The predicted octanol–water partition coefficient (Wildman–Crippen LogP) is 24.8. The zero-order chi connectivity index (χ0) is 63.4. The first kappa shape index (κ1) is 54.9. The quantitative estimate of drug-likeness (QED) is 0.151. The third-order valence-electron chi connectivity index (χ3n) is 21.1. The highest BCUT2D eigenvalue weighted by Crippen LogP contribution is 2.64. The van der Waals surface area contributed by atoms with E-state index in [0.29, 0.717) is 0 Å². The third kappa shape index (κ3) is 8.12. The van der Waals surface area contributed by atoms with E-state index in [9.17, 15) is 0 Å². The van der Waals surface area contributed by atoms with Crippen LogP contribution in [0, 0.1) is 0 Å². The van der Waals surface area contributed by atoms with E-state index in [0.717, 1.165) is 123 Å². The summed E-state index contributed by atoms with van der Waals surface area (Å²) in [7, 11) is 0. The van der Waals surface area contributed by atoms with E-state index in [1.807, 2.05) is 11.8 Å². The van der Waals surface area contributed by atoms with Gasteiger partial charge >= 0.3 is 0 Å². The molecule has 2 unspecified atom stereocenters. The maximum absolute atomic E-state index is 7.09. The molecule has 0 N–H and O–H groups in total. The summed E-state index contributed by atoms with van der Waals surface area (Å²) in [5, 5.41) is 9.05. The minimum atomic E-state index is -0.623. The molecule has 14 aromatic carbocycles. The minimum Gasteiger partial charge on any atom is -0.456 e. The number of furan rings is 2. The van der Waals surface area contributed by atoms with Gasteiger partial charge in [0.05, 0.1) is 17.1 Å². The molecular formula is C90H60N2O3S. The summed E-state index contributed by atoms with van der Waals surface area (Å²) in [5.74, 6) is 1.81. The van der Waals surface area contributed by atoms with Crippen molar-refractivity contribution in [2.45, 2.75) is 46.9 Å². The second kappa shape index (κ2) is 21.0. The molecule has 1 spiro atoms. The Morgan fingerprint density at radius 2 is 1.06 bits per heavy atom. The van der Waals surface area contributed by atoms with E-state index < -0.39 is 10.8 Å². The summed E-state index contributed by atoms with van der Waals surface area (Å²) in [6.45, 7) is 4.71. The van der Waals surface area contributed by atoms with Gasteiger partial charge < -0.3 is 23.4 Å². The van der Waals surface area contributed by atoms with Crippen LogP contribution in [-0.4, -0.2) is 6.04 Å². The summed E-state index contributed by atoms with van der Waals surface area (Å²) in [6, 6.07) is 109. The van der Waals surface area contributed by atoms with Crippen molar-refractivity contribution in [2.75, 3.05) is 9.80 Å². The van der Waals surface area contributed by atoms with Crippen molar-refractivity contribution in [1.82, 2.24) is 0 Å². The Hall–Kier alpha value is -11.6. The summed E-state index contributed by atoms with van der Waals surface area (Å²) >= 11 is 1.88. The van der Waals surface area contributed by atoms with Gasteiger partial charge in [-0.15, -0.1) is 0 Å². The van der Waals surface area contributed by atoms with E-state index in [4.69, 9.17) is 13.6 Å². The number of nitrogens with zero attached hydrogens (tertiary/aromatic N) is 2. The molecule has 2 aromatic heterocycles. The molecule has 20 rings (SSSR count). The van der Waals surface area contributed by atoms with Crippen LogP contribution in [0.25, 0.3) is 93.2 Å². The van der Waals surface area contributed by atoms with Crippen molar-refractivity contribution in [3.63, 3.8) is 0 Å². The van der Waals surface area contributed by atoms with Crippen molar-refractivity contribution in [3.05, 3.63) is 348 Å². The van der Waals surface area contributed by atoms with Crippen LogP contribution in [0.2, 0.25) is 0 Å². The molecule has 0 bridgehead atoms. The molecule has 0 saturated carbocycles. The first-order chi connectivity index (χ1) is 47.3. The number of benzene rings is 14. The lowest BCUT2D eigenvalue weighted by Crippen LogP contribution is -2.35. The van der Waals surface area contributed by atoms with Crippen molar-refractivity contribution in [2.24, 2.45) is 0 Å². The highest BCUT2D eigenvalue weighted by atomic mass is 32.2. The average Bonchev–Trinajstić information content (AvgIpc) is 1.57. The van der Waals surface area contributed by atoms with Crippen LogP contribution < -0.4 is 14.5 Å². The standard InChI is InChI=1S/C90H60N2O3S/c1-89(2)78-43-39-57-24-11-12-28-66(57)88(78)95-82-46-42-62(52-79(82)89)92(64-50-71(59-38-37-55-21-9-10-25-58(55)47-59)87-73(51-64)68-30-14-18-34-80(68)94-87)61-40-44-75-72(48-61)67-29-13-16-32-74(67)90(75)76-33-17-20-36-84(76)96-85-54-63(41-45-77(85)90)91(60-26-7-4-8-27-60)65-49-70(56-22-5-3-6-23-56)86-69-31-15-19-35-81(69)93-83(86)53-65/h3-47,49-54,61H,48H2,1-2H3. The fourth-order valence-corrected chi connectivity index (χ4v) is 17.9. The molecule has 0 fully saturated rings. The SMILES string of the molecule is CC1(C)c2cc(N(c3cc(-c4ccc5ccccc5c4)c4oc5ccccc5c4c3)C3C=CC4=C(C3)c3ccccc3C43c4ccccc4Sc4cc(N(c5ccccc5)c5cc(-c6ccccc6)c6c(c5)oc5ccccc56)ccc43)ccc2Oc2c1ccc1ccccc21. The number of fused-ring (bicyclic) bond motifs is 19. The molecule has 2 aliphatic heterocycles.